The van der Waals surface area contributed by atoms with Crippen LogP contribution < -0.4 is 15.5 Å². The second kappa shape index (κ2) is 5.65. The lowest BCUT2D eigenvalue weighted by atomic mass is 9.75. The molecule has 0 aliphatic carbocycles. The van der Waals surface area contributed by atoms with Crippen LogP contribution in [0.1, 0.15) is 50.5 Å². The Morgan fingerprint density at radius 1 is 1.25 bits per heavy atom. The molecule has 0 aromatic heterocycles. The van der Waals surface area contributed by atoms with Crippen molar-refractivity contribution in [2.45, 2.75) is 58.8 Å². The number of halogens is 1. The summed E-state index contributed by atoms with van der Waals surface area (Å²) in [6.07, 6.45) is 0. The van der Waals surface area contributed by atoms with E-state index in [1.54, 1.807) is 6.07 Å². The van der Waals surface area contributed by atoms with E-state index in [1.165, 1.54) is 0 Å². The van der Waals surface area contributed by atoms with E-state index in [0.29, 0.717) is 22.9 Å². The molecule has 3 rings (SSSR count). The van der Waals surface area contributed by atoms with Crippen LogP contribution in [0.15, 0.2) is 6.07 Å². The smallest absolute Gasteiger partial charge is 0.489 e. The minimum atomic E-state index is -0.578. The van der Waals surface area contributed by atoms with Crippen LogP contribution in [0.25, 0.3) is 0 Å². The molecule has 2 heterocycles. The van der Waals surface area contributed by atoms with Crippen LogP contribution in [-0.2, 0) is 9.31 Å². The fraction of sp³-hybridized carbons (Fsp3) is 0.588. The van der Waals surface area contributed by atoms with Gasteiger partial charge in [0.1, 0.15) is 6.61 Å². The summed E-state index contributed by atoms with van der Waals surface area (Å²) in [5.41, 5.74) is 1.05. The highest BCUT2D eigenvalue weighted by Gasteiger charge is 2.52. The monoisotopic (exact) mass is 351 g/mol. The molecule has 1 saturated heterocycles. The predicted molar refractivity (Wildman–Crippen MR) is 94.3 cm³/mol. The molecule has 1 fully saturated rings. The molecule has 0 radical (unpaired) electrons. The summed E-state index contributed by atoms with van der Waals surface area (Å²) in [5.74, 6) is 0.228. The molecule has 0 bridgehead atoms. The largest absolute Gasteiger partial charge is 0.495 e. The highest BCUT2D eigenvalue weighted by atomic mass is 35.5. The molecule has 1 N–H and O–H groups in total. The van der Waals surface area contributed by atoms with Crippen LogP contribution in [-0.4, -0.2) is 36.9 Å². The summed E-state index contributed by atoms with van der Waals surface area (Å²) in [6, 6.07) is 1.69. The first-order valence-electron chi connectivity index (χ1n) is 8.16. The molecule has 130 valence electrons. The lowest BCUT2D eigenvalue weighted by molar-refractivity contribution is 0.00578. The molecule has 0 unspecified atom stereocenters. The number of carbonyl (C=O) groups excluding carboxylic acids is 1. The average molecular weight is 352 g/mol. The Morgan fingerprint density at radius 3 is 2.42 bits per heavy atom. The SMILES string of the molecule is Cc1c(B2OC(C)(C)C(C)(C)O2)cc2c(c1Cl)OC[C@@H](C)NC2=O. The Balaban J connectivity index is 2.07. The number of benzene rings is 1. The third-order valence-corrected chi connectivity index (χ3v) is 5.57. The molecule has 1 atom stereocenters. The fourth-order valence-corrected chi connectivity index (χ4v) is 3.09. The normalized spacial score (nSPS) is 24.9. The van der Waals surface area contributed by atoms with Crippen LogP contribution in [0.5, 0.6) is 5.75 Å². The number of hydrogen-bond acceptors (Lipinski definition) is 4. The zero-order valence-electron chi connectivity index (χ0n) is 15.0. The van der Waals surface area contributed by atoms with E-state index in [9.17, 15) is 4.79 Å². The number of carbonyl (C=O) groups is 1. The van der Waals surface area contributed by atoms with E-state index in [4.69, 9.17) is 25.6 Å². The number of hydrogen-bond donors (Lipinski definition) is 1. The van der Waals surface area contributed by atoms with Crippen molar-refractivity contribution in [2.24, 2.45) is 0 Å². The van der Waals surface area contributed by atoms with Gasteiger partial charge < -0.3 is 19.4 Å². The van der Waals surface area contributed by atoms with E-state index in [-0.39, 0.29) is 11.9 Å². The van der Waals surface area contributed by atoms with Gasteiger partial charge in [-0.15, -0.1) is 0 Å². The molecule has 5 nitrogen and oxygen atoms in total. The fourth-order valence-electron chi connectivity index (χ4n) is 2.82. The molecule has 1 aromatic carbocycles. The topological polar surface area (TPSA) is 56.8 Å². The summed E-state index contributed by atoms with van der Waals surface area (Å²) >= 11 is 6.51. The molecular formula is C17H23BClNO4. The van der Waals surface area contributed by atoms with Gasteiger partial charge in [-0.3, -0.25) is 4.79 Å². The first-order chi connectivity index (χ1) is 11.0. The Morgan fingerprint density at radius 2 is 1.83 bits per heavy atom. The lowest BCUT2D eigenvalue weighted by Gasteiger charge is -2.32. The van der Waals surface area contributed by atoms with Crippen molar-refractivity contribution in [3.63, 3.8) is 0 Å². The average Bonchev–Trinajstić information content (AvgIpc) is 2.58. The highest BCUT2D eigenvalue weighted by Crippen LogP contribution is 2.38. The van der Waals surface area contributed by atoms with Crippen molar-refractivity contribution < 1.29 is 18.8 Å². The number of fused-ring (bicyclic) bond motifs is 1. The van der Waals surface area contributed by atoms with Crippen molar-refractivity contribution >= 4 is 30.1 Å². The molecule has 7 heteroatoms. The van der Waals surface area contributed by atoms with Crippen molar-refractivity contribution in [2.75, 3.05) is 6.61 Å². The van der Waals surface area contributed by atoms with E-state index in [1.807, 2.05) is 41.5 Å². The number of ether oxygens (including phenoxy) is 1. The van der Waals surface area contributed by atoms with Crippen LogP contribution >= 0.6 is 11.6 Å². The minimum Gasteiger partial charge on any atom is -0.489 e. The lowest BCUT2D eigenvalue weighted by Crippen LogP contribution is -2.41. The van der Waals surface area contributed by atoms with Gasteiger partial charge in [0.05, 0.1) is 27.8 Å². The minimum absolute atomic E-state index is 0.0819. The van der Waals surface area contributed by atoms with E-state index in [0.717, 1.165) is 11.0 Å². The van der Waals surface area contributed by atoms with Gasteiger partial charge in [-0.1, -0.05) is 11.6 Å². The first-order valence-corrected chi connectivity index (χ1v) is 8.53. The van der Waals surface area contributed by atoms with Gasteiger partial charge in [-0.2, -0.15) is 0 Å². The van der Waals surface area contributed by atoms with Gasteiger partial charge in [0.25, 0.3) is 5.91 Å². The molecule has 1 aromatic rings. The predicted octanol–water partition coefficient (Wildman–Crippen LogP) is 2.46. The third-order valence-electron chi connectivity index (χ3n) is 5.11. The Hall–Kier alpha value is -1.24. The van der Waals surface area contributed by atoms with Gasteiger partial charge in [-0.05, 0) is 58.6 Å². The molecule has 2 aliphatic rings. The standard InChI is InChI=1S/C17H23BClNO4/c1-9-8-22-14-11(15(21)20-9)7-12(10(2)13(14)19)18-23-16(3,4)17(5,6)24-18/h7,9H,8H2,1-6H3,(H,20,21)/t9-/m1/s1. The Kier molecular flexibility index (Phi) is 4.14. The van der Waals surface area contributed by atoms with Crippen molar-refractivity contribution in [1.29, 1.82) is 0 Å². The highest BCUT2D eigenvalue weighted by molar-refractivity contribution is 6.63. The van der Waals surface area contributed by atoms with Crippen LogP contribution in [0, 0.1) is 6.92 Å². The second-order valence-corrected chi connectivity index (χ2v) is 7.93. The van der Waals surface area contributed by atoms with Crippen LogP contribution in [0.4, 0.5) is 0 Å². The van der Waals surface area contributed by atoms with Crippen molar-refractivity contribution in [3.05, 3.63) is 22.2 Å². The zero-order valence-corrected chi connectivity index (χ0v) is 15.7. The second-order valence-electron chi connectivity index (χ2n) is 7.56. The van der Waals surface area contributed by atoms with Gasteiger partial charge >= 0.3 is 7.12 Å². The van der Waals surface area contributed by atoms with Crippen molar-refractivity contribution in [3.8, 4) is 5.75 Å². The summed E-state index contributed by atoms with van der Waals surface area (Å²) in [7, 11) is -0.578. The Bertz CT molecular complexity index is 688. The van der Waals surface area contributed by atoms with Crippen LogP contribution in [0.3, 0.4) is 0 Å². The molecule has 24 heavy (non-hydrogen) atoms. The maximum absolute atomic E-state index is 12.5. The van der Waals surface area contributed by atoms with Crippen molar-refractivity contribution in [1.82, 2.24) is 5.32 Å². The number of nitrogens with one attached hydrogen (secondary N) is 1. The van der Waals surface area contributed by atoms with E-state index >= 15 is 0 Å². The number of rotatable bonds is 1. The van der Waals surface area contributed by atoms with Gasteiger partial charge in [0.15, 0.2) is 5.75 Å². The molecular weight excluding hydrogens is 328 g/mol. The van der Waals surface area contributed by atoms with Crippen LogP contribution in [0.2, 0.25) is 5.02 Å². The molecule has 2 aliphatic heterocycles. The summed E-state index contributed by atoms with van der Waals surface area (Å²) in [6.45, 7) is 12.1. The summed E-state index contributed by atoms with van der Waals surface area (Å²) in [5, 5.41) is 3.32. The molecule has 0 saturated carbocycles. The summed E-state index contributed by atoms with van der Waals surface area (Å²) in [4.78, 5) is 12.5. The van der Waals surface area contributed by atoms with E-state index in [2.05, 4.69) is 5.32 Å². The molecule has 0 spiro atoms. The maximum atomic E-state index is 12.5. The zero-order chi connectivity index (χ0) is 17.9. The van der Waals surface area contributed by atoms with Gasteiger partial charge in [0.2, 0.25) is 0 Å². The Labute approximate surface area is 148 Å². The van der Waals surface area contributed by atoms with Gasteiger partial charge in [0, 0.05) is 0 Å². The third kappa shape index (κ3) is 2.70. The van der Waals surface area contributed by atoms with Gasteiger partial charge in [-0.25, -0.2) is 0 Å². The number of amides is 1. The quantitative estimate of drug-likeness (QED) is 0.790. The first kappa shape index (κ1) is 17.6. The summed E-state index contributed by atoms with van der Waals surface area (Å²) < 4.78 is 18.0. The van der Waals surface area contributed by atoms with E-state index < -0.39 is 18.3 Å². The molecule has 1 amide bonds. The maximum Gasteiger partial charge on any atom is 0.495 e.